The van der Waals surface area contributed by atoms with Crippen LogP contribution in [0, 0.1) is 17.3 Å². The zero-order valence-corrected chi connectivity index (χ0v) is 8.46. The Hall–Kier alpha value is -0.860. The second-order valence-corrected chi connectivity index (χ2v) is 4.59. The van der Waals surface area contributed by atoms with Crippen molar-refractivity contribution in [1.29, 1.82) is 0 Å². The number of hydrogen-bond acceptors (Lipinski definition) is 2. The summed E-state index contributed by atoms with van der Waals surface area (Å²) in [5.74, 6) is 0.376. The van der Waals surface area contributed by atoms with E-state index in [2.05, 4.69) is 0 Å². The molecular weight excluding hydrogens is 166 g/mol. The second kappa shape index (κ2) is 3.13. The quantitative estimate of drug-likeness (QED) is 0.712. The van der Waals surface area contributed by atoms with Gasteiger partial charge in [-0.05, 0) is 24.7 Å². The molecule has 0 aromatic carbocycles. The van der Waals surface area contributed by atoms with E-state index in [0.29, 0.717) is 12.3 Å². The van der Waals surface area contributed by atoms with E-state index >= 15 is 0 Å². The fourth-order valence-corrected chi connectivity index (χ4v) is 2.30. The molecule has 0 aliphatic heterocycles. The minimum atomic E-state index is -0.264. The topological polar surface area (TPSA) is 60.2 Å². The maximum Gasteiger partial charge on any atom is 0.217 e. The van der Waals surface area contributed by atoms with Crippen molar-refractivity contribution in [2.45, 2.75) is 33.6 Å². The molecule has 0 saturated heterocycles. The lowest BCUT2D eigenvalue weighted by Crippen LogP contribution is -2.49. The van der Waals surface area contributed by atoms with Crippen LogP contribution in [0.15, 0.2) is 0 Å². The molecule has 0 bridgehead atoms. The number of primary amides is 1. The molecule has 0 aromatic heterocycles. The van der Waals surface area contributed by atoms with Gasteiger partial charge in [0.05, 0.1) is 0 Å². The predicted molar refractivity (Wildman–Crippen MR) is 49.9 cm³/mol. The second-order valence-electron chi connectivity index (χ2n) is 4.59. The molecule has 0 spiro atoms. The van der Waals surface area contributed by atoms with Crippen molar-refractivity contribution in [2.75, 3.05) is 0 Å². The van der Waals surface area contributed by atoms with E-state index in [1.54, 1.807) is 6.92 Å². The van der Waals surface area contributed by atoms with Crippen LogP contribution in [0.2, 0.25) is 0 Å². The molecule has 13 heavy (non-hydrogen) atoms. The molecule has 0 aromatic rings. The van der Waals surface area contributed by atoms with E-state index in [1.807, 2.05) is 13.8 Å². The van der Waals surface area contributed by atoms with Crippen molar-refractivity contribution in [2.24, 2.45) is 23.0 Å². The summed E-state index contributed by atoms with van der Waals surface area (Å²) in [6.07, 6.45) is 1.24. The van der Waals surface area contributed by atoms with Gasteiger partial charge in [-0.3, -0.25) is 9.59 Å². The van der Waals surface area contributed by atoms with Crippen LogP contribution < -0.4 is 5.73 Å². The highest BCUT2D eigenvalue weighted by molar-refractivity contribution is 5.81. The lowest BCUT2D eigenvalue weighted by Gasteiger charge is -2.50. The van der Waals surface area contributed by atoms with E-state index in [0.717, 1.165) is 6.42 Å². The van der Waals surface area contributed by atoms with Crippen LogP contribution in [0.4, 0.5) is 0 Å². The first kappa shape index (κ1) is 10.2. The van der Waals surface area contributed by atoms with Gasteiger partial charge in [0, 0.05) is 12.3 Å². The highest BCUT2D eigenvalue weighted by Crippen LogP contribution is 2.52. The molecule has 0 unspecified atom stereocenters. The summed E-state index contributed by atoms with van der Waals surface area (Å²) in [5.41, 5.74) is 5.08. The van der Waals surface area contributed by atoms with Gasteiger partial charge < -0.3 is 5.73 Å². The first-order valence-corrected chi connectivity index (χ1v) is 4.64. The van der Waals surface area contributed by atoms with Gasteiger partial charge in [-0.2, -0.15) is 0 Å². The maximum atomic E-state index is 11.2. The first-order chi connectivity index (χ1) is 5.85. The number of carbonyl (C=O) groups is 2. The molecular formula is C10H17NO2. The van der Waals surface area contributed by atoms with Gasteiger partial charge >= 0.3 is 0 Å². The van der Waals surface area contributed by atoms with Crippen LogP contribution in [-0.2, 0) is 9.59 Å². The monoisotopic (exact) mass is 183 g/mol. The summed E-state index contributed by atoms with van der Waals surface area (Å²) in [7, 11) is 0. The Morgan fingerprint density at radius 2 is 2.00 bits per heavy atom. The van der Waals surface area contributed by atoms with Crippen molar-refractivity contribution in [3.8, 4) is 0 Å². The normalized spacial score (nSPS) is 30.7. The van der Waals surface area contributed by atoms with Crippen LogP contribution in [0.3, 0.4) is 0 Å². The van der Waals surface area contributed by atoms with Crippen molar-refractivity contribution in [3.05, 3.63) is 0 Å². The van der Waals surface area contributed by atoms with Crippen molar-refractivity contribution in [3.63, 3.8) is 0 Å². The fraction of sp³-hybridized carbons (Fsp3) is 0.800. The third kappa shape index (κ3) is 1.74. The molecule has 1 aliphatic carbocycles. The highest BCUT2D eigenvalue weighted by atomic mass is 16.1. The summed E-state index contributed by atoms with van der Waals surface area (Å²) in [6, 6.07) is 0. The van der Waals surface area contributed by atoms with Crippen LogP contribution >= 0.6 is 0 Å². The molecule has 1 amide bonds. The van der Waals surface area contributed by atoms with E-state index in [4.69, 9.17) is 5.73 Å². The summed E-state index contributed by atoms with van der Waals surface area (Å²) in [6.45, 7) is 5.69. The van der Waals surface area contributed by atoms with Crippen LogP contribution in [0.5, 0.6) is 0 Å². The Labute approximate surface area is 78.7 Å². The Kier molecular flexibility index (Phi) is 2.46. The Morgan fingerprint density at radius 3 is 2.31 bits per heavy atom. The number of Topliss-reactive ketones (excluding diaryl/α,β-unsaturated/α-hetero) is 1. The maximum absolute atomic E-state index is 11.2. The van der Waals surface area contributed by atoms with Gasteiger partial charge in [-0.1, -0.05) is 13.8 Å². The zero-order valence-electron chi connectivity index (χ0n) is 8.46. The van der Waals surface area contributed by atoms with Gasteiger partial charge in [-0.15, -0.1) is 0 Å². The number of amides is 1. The minimum Gasteiger partial charge on any atom is -0.370 e. The molecule has 1 saturated carbocycles. The Balaban J connectivity index is 2.59. The third-order valence-electron chi connectivity index (χ3n) is 3.41. The van der Waals surface area contributed by atoms with Crippen LogP contribution in [0.1, 0.15) is 33.6 Å². The SMILES string of the molecule is CC(=O)[C@H]1C[C@@H](CC(N)=O)C1(C)C. The average Bonchev–Trinajstić information content (AvgIpc) is 1.96. The zero-order chi connectivity index (χ0) is 10.2. The summed E-state index contributed by atoms with van der Waals surface area (Å²) in [5, 5.41) is 0. The van der Waals surface area contributed by atoms with Gasteiger partial charge in [0.15, 0.2) is 0 Å². The predicted octanol–water partition coefficient (Wildman–Crippen LogP) is 1.11. The van der Waals surface area contributed by atoms with Crippen molar-refractivity contribution in [1.82, 2.24) is 0 Å². The first-order valence-electron chi connectivity index (χ1n) is 4.64. The smallest absolute Gasteiger partial charge is 0.217 e. The molecule has 1 rings (SSSR count). The van der Waals surface area contributed by atoms with E-state index < -0.39 is 0 Å². The molecule has 74 valence electrons. The lowest BCUT2D eigenvalue weighted by molar-refractivity contribution is -0.140. The fourth-order valence-electron chi connectivity index (χ4n) is 2.30. The summed E-state index contributed by atoms with van der Waals surface area (Å²) in [4.78, 5) is 21.9. The minimum absolute atomic E-state index is 0.0408. The molecule has 3 heteroatoms. The number of rotatable bonds is 3. The molecule has 2 atom stereocenters. The molecule has 3 nitrogen and oxygen atoms in total. The number of carbonyl (C=O) groups excluding carboxylic acids is 2. The average molecular weight is 183 g/mol. The van der Waals surface area contributed by atoms with E-state index in [9.17, 15) is 9.59 Å². The summed E-state index contributed by atoms with van der Waals surface area (Å²) >= 11 is 0. The van der Waals surface area contributed by atoms with Crippen LogP contribution in [0.25, 0.3) is 0 Å². The van der Waals surface area contributed by atoms with Crippen LogP contribution in [-0.4, -0.2) is 11.7 Å². The number of nitrogens with two attached hydrogens (primary N) is 1. The number of hydrogen-bond donors (Lipinski definition) is 1. The lowest BCUT2D eigenvalue weighted by atomic mass is 9.53. The molecule has 0 radical (unpaired) electrons. The Morgan fingerprint density at radius 1 is 1.46 bits per heavy atom. The van der Waals surface area contributed by atoms with Gasteiger partial charge in [-0.25, -0.2) is 0 Å². The van der Waals surface area contributed by atoms with Gasteiger partial charge in [0.1, 0.15) is 5.78 Å². The summed E-state index contributed by atoms with van der Waals surface area (Å²) < 4.78 is 0. The molecule has 2 N–H and O–H groups in total. The van der Waals surface area contributed by atoms with E-state index in [-0.39, 0.29) is 23.0 Å². The standard InChI is InChI=1S/C10H17NO2/c1-6(12)8-4-7(5-9(11)13)10(8,2)3/h7-8H,4-5H2,1-3H3,(H2,11,13)/t7-,8+/m0/s1. The largest absolute Gasteiger partial charge is 0.370 e. The number of ketones is 1. The van der Waals surface area contributed by atoms with Gasteiger partial charge in [0.2, 0.25) is 5.91 Å². The molecule has 1 fully saturated rings. The third-order valence-corrected chi connectivity index (χ3v) is 3.41. The van der Waals surface area contributed by atoms with E-state index in [1.165, 1.54) is 0 Å². The molecule has 0 heterocycles. The molecule has 1 aliphatic rings. The van der Waals surface area contributed by atoms with Crippen molar-refractivity contribution >= 4 is 11.7 Å². The van der Waals surface area contributed by atoms with Crippen molar-refractivity contribution < 1.29 is 9.59 Å². The van der Waals surface area contributed by atoms with Gasteiger partial charge in [0.25, 0.3) is 0 Å². The Bertz CT molecular complexity index is 245. The highest BCUT2D eigenvalue weighted by Gasteiger charge is 2.50.